The molecule has 1 spiro atoms. The molecule has 1 aromatic carbocycles. The highest BCUT2D eigenvalue weighted by atomic mass is 127. The molecule has 5 saturated heterocycles. The number of hydrogen-bond donors (Lipinski definition) is 1. The second-order valence-electron chi connectivity index (χ2n) is 7.58. The first-order chi connectivity index (χ1) is 11.2. The number of thiophene rings is 1. The van der Waals surface area contributed by atoms with Gasteiger partial charge in [0.05, 0.1) is 20.3 Å². The van der Waals surface area contributed by atoms with Crippen LogP contribution in [0.4, 0.5) is 0 Å². The number of quaternary nitrogens is 2. The number of hydrogen-bond acceptors (Lipinski definition) is 4. The van der Waals surface area contributed by atoms with Crippen molar-refractivity contribution >= 4 is 45.4 Å². The molecule has 0 radical (unpaired) electrons. The summed E-state index contributed by atoms with van der Waals surface area (Å²) in [4.78, 5) is 4.03. The minimum atomic E-state index is 0. The van der Waals surface area contributed by atoms with Crippen molar-refractivity contribution in [2.45, 2.75) is 6.42 Å². The molecule has 3 bridgehead atoms. The fourth-order valence-corrected chi connectivity index (χ4v) is 5.83. The Labute approximate surface area is 164 Å². The Morgan fingerprint density at radius 1 is 1.25 bits per heavy atom. The van der Waals surface area contributed by atoms with Crippen LogP contribution >= 0.6 is 35.3 Å². The first-order valence-electron chi connectivity index (χ1n) is 8.38. The van der Waals surface area contributed by atoms with Crippen LogP contribution in [0.15, 0.2) is 24.3 Å². The predicted molar refractivity (Wildman–Crippen MR) is 107 cm³/mol. The monoisotopic (exact) mass is 460 g/mol. The third-order valence-electron chi connectivity index (χ3n) is 5.59. The number of nitrogens with one attached hydrogen (secondary N) is 1. The molecule has 5 aliphatic rings. The average Bonchev–Trinajstić information content (AvgIpc) is 2.84. The zero-order valence-corrected chi connectivity index (χ0v) is 17.2. The molecule has 6 heterocycles. The summed E-state index contributed by atoms with van der Waals surface area (Å²) in [6, 6.07) is 8.76. The average molecular weight is 460 g/mol. The van der Waals surface area contributed by atoms with Gasteiger partial charge >= 0.3 is 0 Å². The lowest BCUT2D eigenvalue weighted by molar-refractivity contribution is -1.30. The normalized spacial score (nSPS) is 33.6. The molecular weight excluding hydrogens is 435 g/mol. The minimum absolute atomic E-state index is 0. The van der Waals surface area contributed by atoms with Crippen LogP contribution in [-0.2, 0) is 6.42 Å². The fourth-order valence-electron chi connectivity index (χ4n) is 4.75. The highest BCUT2D eigenvalue weighted by Crippen LogP contribution is 2.37. The first kappa shape index (κ1) is 17.0. The van der Waals surface area contributed by atoms with Crippen molar-refractivity contribution in [3.63, 3.8) is 0 Å². The number of benzene rings is 1. The van der Waals surface area contributed by atoms with E-state index in [9.17, 15) is 0 Å². The third-order valence-corrected chi connectivity index (χ3v) is 6.75. The number of halogens is 1. The Hall–Kier alpha value is -0.450. The Balaban J connectivity index is 0.00000146. The Kier molecular flexibility index (Phi) is 4.29. The summed E-state index contributed by atoms with van der Waals surface area (Å²) in [6.45, 7) is 8.63. The van der Waals surface area contributed by atoms with Gasteiger partial charge in [0.2, 0.25) is 13.3 Å². The van der Waals surface area contributed by atoms with Crippen molar-refractivity contribution in [3.8, 4) is 5.75 Å². The van der Waals surface area contributed by atoms with Crippen molar-refractivity contribution in [1.82, 2.24) is 10.2 Å². The maximum atomic E-state index is 5.34. The SMILES string of the molecule is COc1ccc2cc(CC[N+]34CNCN5C[N+](C5)(C3)C4)sc2c1.I. The zero-order valence-electron chi connectivity index (χ0n) is 14.0. The van der Waals surface area contributed by atoms with Crippen LogP contribution in [-0.4, -0.2) is 67.5 Å². The molecule has 5 nitrogen and oxygen atoms in total. The second kappa shape index (κ2) is 6.07. The molecule has 24 heavy (non-hydrogen) atoms. The predicted octanol–water partition coefficient (Wildman–Crippen LogP) is 2.38. The summed E-state index contributed by atoms with van der Waals surface area (Å²) in [6.07, 6.45) is 1.19. The van der Waals surface area contributed by atoms with E-state index in [4.69, 9.17) is 4.74 Å². The topological polar surface area (TPSA) is 24.5 Å². The molecule has 0 saturated carbocycles. The van der Waals surface area contributed by atoms with Crippen molar-refractivity contribution in [2.75, 3.05) is 53.7 Å². The van der Waals surface area contributed by atoms with Crippen LogP contribution in [0.25, 0.3) is 10.1 Å². The highest BCUT2D eigenvalue weighted by Gasteiger charge is 2.62. The van der Waals surface area contributed by atoms with Crippen LogP contribution in [0.2, 0.25) is 0 Å². The Morgan fingerprint density at radius 3 is 2.88 bits per heavy atom. The van der Waals surface area contributed by atoms with E-state index in [2.05, 4.69) is 34.5 Å². The molecule has 1 aromatic heterocycles. The molecule has 0 aliphatic carbocycles. The van der Waals surface area contributed by atoms with Gasteiger partial charge in [-0.1, -0.05) is 0 Å². The molecule has 7 heteroatoms. The van der Waals surface area contributed by atoms with E-state index in [0.29, 0.717) is 0 Å². The maximum Gasteiger partial charge on any atom is 0.219 e. The maximum absolute atomic E-state index is 5.34. The van der Waals surface area contributed by atoms with Gasteiger partial charge in [-0.05, 0) is 29.7 Å². The van der Waals surface area contributed by atoms with E-state index >= 15 is 0 Å². The van der Waals surface area contributed by atoms with Gasteiger partial charge in [0.15, 0.2) is 0 Å². The van der Waals surface area contributed by atoms with E-state index in [1.165, 1.54) is 63.6 Å². The fraction of sp³-hybridized carbons (Fsp3) is 0.529. The Bertz CT molecular complexity index is 750. The molecule has 0 amide bonds. The molecular formula is C17H25IN4OS+2. The summed E-state index contributed by atoms with van der Waals surface area (Å²) < 4.78 is 9.28. The lowest BCUT2D eigenvalue weighted by atomic mass is 10.1. The summed E-state index contributed by atoms with van der Waals surface area (Å²) in [7, 11) is 1.74. The van der Waals surface area contributed by atoms with Gasteiger partial charge in [-0.3, -0.25) is 5.32 Å². The van der Waals surface area contributed by atoms with Gasteiger partial charge in [0.1, 0.15) is 25.8 Å². The Morgan fingerprint density at radius 2 is 2.08 bits per heavy atom. The summed E-state index contributed by atoms with van der Waals surface area (Å²) in [5, 5.41) is 5.00. The molecule has 0 unspecified atom stereocenters. The summed E-state index contributed by atoms with van der Waals surface area (Å²) in [5.41, 5.74) is 0. The van der Waals surface area contributed by atoms with Crippen molar-refractivity contribution in [1.29, 1.82) is 0 Å². The molecule has 130 valence electrons. The van der Waals surface area contributed by atoms with Gasteiger partial charge < -0.3 is 4.74 Å². The van der Waals surface area contributed by atoms with Crippen molar-refractivity contribution in [2.24, 2.45) is 0 Å². The second-order valence-corrected chi connectivity index (χ2v) is 8.74. The molecule has 5 aliphatic heterocycles. The molecule has 0 atom stereocenters. The van der Waals surface area contributed by atoms with E-state index in [1.54, 1.807) is 7.11 Å². The van der Waals surface area contributed by atoms with Crippen LogP contribution in [0.3, 0.4) is 0 Å². The van der Waals surface area contributed by atoms with Gasteiger partial charge in [-0.2, -0.15) is 4.90 Å². The van der Waals surface area contributed by atoms with Crippen LogP contribution in [0, 0.1) is 0 Å². The van der Waals surface area contributed by atoms with E-state index < -0.39 is 0 Å². The zero-order chi connectivity index (χ0) is 15.5. The van der Waals surface area contributed by atoms with Gasteiger partial charge in [0, 0.05) is 16.0 Å². The highest BCUT2D eigenvalue weighted by molar-refractivity contribution is 14.0. The van der Waals surface area contributed by atoms with E-state index in [0.717, 1.165) is 19.1 Å². The number of fused-ring (bicyclic) bond motifs is 1. The van der Waals surface area contributed by atoms with Crippen molar-refractivity contribution in [3.05, 3.63) is 29.1 Å². The number of rotatable bonds is 4. The largest absolute Gasteiger partial charge is 0.497 e. The lowest BCUT2D eigenvalue weighted by Crippen LogP contribution is -2.90. The van der Waals surface area contributed by atoms with Gasteiger partial charge in [0.25, 0.3) is 0 Å². The summed E-state index contributed by atoms with van der Waals surface area (Å²) in [5.74, 6) is 0.956. The lowest BCUT2D eigenvalue weighted by Gasteiger charge is -2.65. The quantitative estimate of drug-likeness (QED) is 0.561. The van der Waals surface area contributed by atoms with Crippen LogP contribution in [0.5, 0.6) is 5.75 Å². The number of ether oxygens (including phenoxy) is 1. The molecule has 2 aromatic rings. The van der Waals surface area contributed by atoms with Gasteiger partial charge in [-0.25, -0.2) is 8.97 Å². The molecule has 1 N–H and O–H groups in total. The van der Waals surface area contributed by atoms with E-state index in [-0.39, 0.29) is 24.0 Å². The third kappa shape index (κ3) is 2.75. The molecule has 5 fully saturated rings. The molecule has 7 rings (SSSR count). The number of methoxy groups -OCH3 is 1. The van der Waals surface area contributed by atoms with Gasteiger partial charge in [-0.15, -0.1) is 35.3 Å². The number of nitrogens with zero attached hydrogens (tertiary/aromatic N) is 3. The van der Waals surface area contributed by atoms with Crippen LogP contribution < -0.4 is 10.1 Å². The first-order valence-corrected chi connectivity index (χ1v) is 9.19. The van der Waals surface area contributed by atoms with Crippen molar-refractivity contribution < 1.29 is 13.7 Å². The summed E-state index contributed by atoms with van der Waals surface area (Å²) >= 11 is 1.93. The smallest absolute Gasteiger partial charge is 0.219 e. The van der Waals surface area contributed by atoms with Crippen LogP contribution in [0.1, 0.15) is 4.88 Å². The standard InChI is InChI=1S/C17H24N4OS.HI/c1-22-15-3-2-14-6-16(23-17(14)7-15)4-5-20-9-18-8-19-10-21(11-19,12-20)13-20;/h2-3,6-7,18H,4-5,8-13H2,1H3;1H/q+2;. The van der Waals surface area contributed by atoms with E-state index in [1.807, 2.05) is 11.3 Å². The minimum Gasteiger partial charge on any atom is -0.497 e.